The Morgan fingerprint density at radius 2 is 1.40 bits per heavy atom. The minimum Gasteiger partial charge on any atom is -0.0648 e. The average molecular weight is 385 g/mol. The highest BCUT2D eigenvalue weighted by molar-refractivity contribution is 6.02. The molecule has 1 aliphatic rings. The molecule has 1 aliphatic carbocycles. The van der Waals surface area contributed by atoms with Gasteiger partial charge in [0.25, 0.3) is 0 Å². The van der Waals surface area contributed by atoms with Crippen LogP contribution in [0.15, 0.2) is 97.1 Å². The van der Waals surface area contributed by atoms with Gasteiger partial charge < -0.3 is 0 Å². The second-order valence-electron chi connectivity index (χ2n) is 8.46. The first-order chi connectivity index (χ1) is 14.8. The Kier molecular flexibility index (Phi) is 3.99. The van der Waals surface area contributed by atoms with Crippen LogP contribution in [0.1, 0.15) is 30.4 Å². The molecule has 0 saturated carbocycles. The number of benzene rings is 5. The summed E-state index contributed by atoms with van der Waals surface area (Å²) in [5.41, 5.74) is 8.48. The molecule has 0 aliphatic heterocycles. The number of hydrogen-bond donors (Lipinski definition) is 0. The molecule has 0 heterocycles. The van der Waals surface area contributed by atoms with E-state index in [-0.39, 0.29) is 0 Å². The molecule has 6 rings (SSSR count). The van der Waals surface area contributed by atoms with Crippen LogP contribution in [0.4, 0.5) is 0 Å². The van der Waals surface area contributed by atoms with Crippen molar-refractivity contribution in [3.63, 3.8) is 0 Å². The van der Waals surface area contributed by atoms with Crippen LogP contribution >= 0.6 is 0 Å². The second kappa shape index (κ2) is 6.85. The molecule has 144 valence electrons. The van der Waals surface area contributed by atoms with Crippen molar-refractivity contribution in [2.24, 2.45) is 0 Å². The first-order valence-corrected chi connectivity index (χ1v) is 11.0. The first kappa shape index (κ1) is 17.5. The van der Waals surface area contributed by atoms with Crippen molar-refractivity contribution >= 4 is 21.5 Å². The van der Waals surface area contributed by atoms with Crippen LogP contribution in [0.2, 0.25) is 0 Å². The third-order valence-corrected chi connectivity index (χ3v) is 6.84. The zero-order valence-electron chi connectivity index (χ0n) is 17.2. The maximum Gasteiger partial charge on any atom is -0.00700 e. The normalized spacial score (nSPS) is 15.2. The summed E-state index contributed by atoms with van der Waals surface area (Å²) >= 11 is 0. The third-order valence-electron chi connectivity index (χ3n) is 6.84. The van der Waals surface area contributed by atoms with E-state index in [1.54, 1.807) is 0 Å². The van der Waals surface area contributed by atoms with E-state index in [4.69, 9.17) is 0 Å². The van der Waals surface area contributed by atoms with Gasteiger partial charge in [0.1, 0.15) is 0 Å². The highest BCUT2D eigenvalue weighted by Crippen LogP contribution is 2.46. The van der Waals surface area contributed by atoms with E-state index < -0.39 is 0 Å². The quantitative estimate of drug-likeness (QED) is 0.287. The standard InChI is InChI=1S/C30H24/c1-2-20-18-24-15-14-22-9-4-6-12-28(22)30(24)29-19-23(16-17-27(20)29)26-13-7-10-21-8-3-5-11-25(21)26/h3-17,19-20H,2,18H2,1H3. The van der Waals surface area contributed by atoms with E-state index in [1.165, 1.54) is 61.3 Å². The van der Waals surface area contributed by atoms with E-state index in [1.807, 2.05) is 0 Å². The van der Waals surface area contributed by atoms with Gasteiger partial charge in [-0.05, 0) is 79.8 Å². The predicted molar refractivity (Wildman–Crippen MR) is 129 cm³/mol. The molecule has 0 saturated heterocycles. The van der Waals surface area contributed by atoms with Gasteiger partial charge in [-0.2, -0.15) is 0 Å². The molecular weight excluding hydrogens is 360 g/mol. The maximum absolute atomic E-state index is 2.45. The van der Waals surface area contributed by atoms with Crippen molar-refractivity contribution in [3.8, 4) is 22.3 Å². The van der Waals surface area contributed by atoms with Crippen LogP contribution in [0.3, 0.4) is 0 Å². The van der Waals surface area contributed by atoms with Crippen molar-refractivity contribution in [2.75, 3.05) is 0 Å². The topological polar surface area (TPSA) is 0 Å². The van der Waals surface area contributed by atoms with E-state index in [9.17, 15) is 0 Å². The molecule has 0 aromatic heterocycles. The lowest BCUT2D eigenvalue weighted by Gasteiger charge is -2.29. The van der Waals surface area contributed by atoms with Crippen LogP contribution < -0.4 is 0 Å². The Labute approximate surface area is 177 Å². The van der Waals surface area contributed by atoms with Crippen LogP contribution in [0.5, 0.6) is 0 Å². The van der Waals surface area contributed by atoms with E-state index in [2.05, 4.69) is 104 Å². The minimum absolute atomic E-state index is 0.593. The second-order valence-corrected chi connectivity index (χ2v) is 8.46. The molecule has 0 heteroatoms. The molecule has 0 spiro atoms. The summed E-state index contributed by atoms with van der Waals surface area (Å²) in [6, 6.07) is 36.0. The van der Waals surface area contributed by atoms with Crippen molar-refractivity contribution in [3.05, 3.63) is 108 Å². The summed E-state index contributed by atoms with van der Waals surface area (Å²) in [6.07, 6.45) is 2.31. The zero-order chi connectivity index (χ0) is 20.1. The molecule has 0 amide bonds. The van der Waals surface area contributed by atoms with Gasteiger partial charge >= 0.3 is 0 Å². The summed E-state index contributed by atoms with van der Waals surface area (Å²) in [6.45, 7) is 2.32. The summed E-state index contributed by atoms with van der Waals surface area (Å²) in [7, 11) is 0. The molecule has 0 fully saturated rings. The highest BCUT2D eigenvalue weighted by atomic mass is 14.3. The van der Waals surface area contributed by atoms with Crippen LogP contribution in [0, 0.1) is 0 Å². The fraction of sp³-hybridized carbons (Fsp3) is 0.133. The molecule has 0 nitrogen and oxygen atoms in total. The van der Waals surface area contributed by atoms with Gasteiger partial charge in [-0.25, -0.2) is 0 Å². The summed E-state index contributed by atoms with van der Waals surface area (Å²) in [5, 5.41) is 5.32. The van der Waals surface area contributed by atoms with E-state index in [0.29, 0.717) is 5.92 Å². The predicted octanol–water partition coefficient (Wildman–Crippen LogP) is 8.38. The molecule has 1 atom stereocenters. The molecule has 0 N–H and O–H groups in total. The molecule has 1 unspecified atom stereocenters. The van der Waals surface area contributed by atoms with Gasteiger partial charge in [0, 0.05) is 0 Å². The Bertz CT molecular complexity index is 1400. The van der Waals surface area contributed by atoms with E-state index >= 15 is 0 Å². The Morgan fingerprint density at radius 3 is 2.23 bits per heavy atom. The maximum atomic E-state index is 2.45. The lowest BCUT2D eigenvalue weighted by Crippen LogP contribution is -2.11. The molecule has 5 aromatic rings. The van der Waals surface area contributed by atoms with Crippen molar-refractivity contribution in [1.82, 2.24) is 0 Å². The van der Waals surface area contributed by atoms with Gasteiger partial charge in [0.2, 0.25) is 0 Å². The Balaban J connectivity index is 1.65. The first-order valence-electron chi connectivity index (χ1n) is 11.0. The molecular formula is C30H24. The molecule has 5 aromatic carbocycles. The third kappa shape index (κ3) is 2.60. The number of fused-ring (bicyclic) bond motifs is 6. The van der Waals surface area contributed by atoms with Crippen LogP contribution in [-0.2, 0) is 6.42 Å². The van der Waals surface area contributed by atoms with Crippen LogP contribution in [0.25, 0.3) is 43.8 Å². The lowest BCUT2D eigenvalue weighted by atomic mass is 9.75. The fourth-order valence-electron chi connectivity index (χ4n) is 5.32. The van der Waals surface area contributed by atoms with Gasteiger partial charge in [-0.15, -0.1) is 0 Å². The average Bonchev–Trinajstić information content (AvgIpc) is 2.82. The van der Waals surface area contributed by atoms with Crippen LogP contribution in [-0.4, -0.2) is 0 Å². The number of hydrogen-bond acceptors (Lipinski definition) is 0. The van der Waals surface area contributed by atoms with Crippen molar-refractivity contribution in [2.45, 2.75) is 25.7 Å². The number of rotatable bonds is 2. The monoisotopic (exact) mass is 384 g/mol. The van der Waals surface area contributed by atoms with Gasteiger partial charge in [-0.3, -0.25) is 0 Å². The van der Waals surface area contributed by atoms with Gasteiger partial charge in [-0.1, -0.05) is 97.9 Å². The smallest absolute Gasteiger partial charge is 0.00700 e. The largest absolute Gasteiger partial charge is 0.0648 e. The Hall–Kier alpha value is -3.38. The van der Waals surface area contributed by atoms with E-state index in [0.717, 1.165) is 6.42 Å². The highest BCUT2D eigenvalue weighted by Gasteiger charge is 2.25. The summed E-state index contributed by atoms with van der Waals surface area (Å²) in [4.78, 5) is 0. The lowest BCUT2D eigenvalue weighted by molar-refractivity contribution is 0.654. The summed E-state index contributed by atoms with van der Waals surface area (Å²) in [5.74, 6) is 0.593. The van der Waals surface area contributed by atoms with Gasteiger partial charge in [0.05, 0.1) is 0 Å². The Morgan fingerprint density at radius 1 is 0.667 bits per heavy atom. The van der Waals surface area contributed by atoms with Crippen molar-refractivity contribution in [1.29, 1.82) is 0 Å². The molecule has 0 radical (unpaired) electrons. The molecule has 30 heavy (non-hydrogen) atoms. The zero-order valence-corrected chi connectivity index (χ0v) is 17.2. The molecule has 0 bridgehead atoms. The SMILES string of the molecule is CCC1Cc2ccc3ccccc3c2-c2cc(-c3cccc4ccccc34)ccc21. The van der Waals surface area contributed by atoms with Crippen molar-refractivity contribution < 1.29 is 0 Å². The summed E-state index contributed by atoms with van der Waals surface area (Å²) < 4.78 is 0. The van der Waals surface area contributed by atoms with Gasteiger partial charge in [0.15, 0.2) is 0 Å². The minimum atomic E-state index is 0.593. The fourth-order valence-corrected chi connectivity index (χ4v) is 5.32.